The molecular formula is C24H28ClNO3S. The van der Waals surface area contributed by atoms with Crippen molar-refractivity contribution in [2.24, 2.45) is 0 Å². The lowest BCUT2D eigenvalue weighted by atomic mass is 9.91. The predicted octanol–water partition coefficient (Wildman–Crippen LogP) is 4.36. The lowest BCUT2D eigenvalue weighted by Crippen LogP contribution is -2.43. The highest BCUT2D eigenvalue weighted by molar-refractivity contribution is 7.10. The summed E-state index contributed by atoms with van der Waals surface area (Å²) in [5.74, 6) is 5.90. The number of carbonyl (C=O) groups is 1. The van der Waals surface area contributed by atoms with Gasteiger partial charge < -0.3 is 9.84 Å². The maximum absolute atomic E-state index is 13.4. The maximum Gasteiger partial charge on any atom is 0.350 e. The molecule has 1 saturated heterocycles. The molecule has 0 spiro atoms. The van der Waals surface area contributed by atoms with Crippen LogP contribution >= 0.6 is 23.7 Å². The fourth-order valence-corrected chi connectivity index (χ4v) is 5.06. The predicted molar refractivity (Wildman–Crippen MR) is 122 cm³/mol. The van der Waals surface area contributed by atoms with Crippen molar-refractivity contribution in [2.75, 3.05) is 19.6 Å². The van der Waals surface area contributed by atoms with E-state index in [0.29, 0.717) is 17.0 Å². The molecule has 1 aromatic carbocycles. The number of halogens is 1. The quantitative estimate of drug-likeness (QED) is 0.548. The highest BCUT2D eigenvalue weighted by Crippen LogP contribution is 2.39. The molecular weight excluding hydrogens is 418 g/mol. The summed E-state index contributed by atoms with van der Waals surface area (Å²) >= 11 is 1.35. The summed E-state index contributed by atoms with van der Waals surface area (Å²) in [7, 11) is 0. The van der Waals surface area contributed by atoms with Gasteiger partial charge in [-0.2, -0.15) is 0 Å². The van der Waals surface area contributed by atoms with Crippen molar-refractivity contribution in [1.29, 1.82) is 0 Å². The second kappa shape index (κ2) is 9.98. The smallest absolute Gasteiger partial charge is 0.350 e. The molecule has 4 nitrogen and oxygen atoms in total. The Bertz CT molecular complexity index is 878. The number of likely N-dealkylation sites (tertiary alicyclic amines) is 1. The van der Waals surface area contributed by atoms with Crippen LogP contribution in [0.2, 0.25) is 0 Å². The van der Waals surface area contributed by atoms with E-state index >= 15 is 0 Å². The summed E-state index contributed by atoms with van der Waals surface area (Å²) in [4.78, 5) is 16.3. The monoisotopic (exact) mass is 445 g/mol. The zero-order valence-corrected chi connectivity index (χ0v) is 18.6. The Morgan fingerprint density at radius 2 is 1.80 bits per heavy atom. The summed E-state index contributed by atoms with van der Waals surface area (Å²) in [6.07, 6.45) is 5.87. The Hall–Kier alpha value is -1.84. The van der Waals surface area contributed by atoms with Gasteiger partial charge in [0.25, 0.3) is 0 Å². The normalized spacial score (nSPS) is 19.9. The van der Waals surface area contributed by atoms with Crippen LogP contribution in [-0.4, -0.2) is 41.2 Å². The minimum absolute atomic E-state index is 0. The Kier molecular flexibility index (Phi) is 7.60. The number of thiophene rings is 1. The van der Waals surface area contributed by atoms with E-state index in [1.165, 1.54) is 24.2 Å². The highest BCUT2D eigenvalue weighted by Gasteiger charge is 2.47. The van der Waals surface area contributed by atoms with Crippen LogP contribution in [0, 0.1) is 11.8 Å². The summed E-state index contributed by atoms with van der Waals surface area (Å²) in [5, 5.41) is 13.4. The molecule has 2 aromatic rings. The Morgan fingerprint density at radius 1 is 1.10 bits per heavy atom. The van der Waals surface area contributed by atoms with Gasteiger partial charge in [-0.15, -0.1) is 23.7 Å². The molecule has 0 radical (unpaired) electrons. The van der Waals surface area contributed by atoms with E-state index in [1.54, 1.807) is 18.2 Å². The first kappa shape index (κ1) is 22.8. The number of nitrogens with zero attached hydrogens (tertiary/aromatic N) is 1. The molecule has 1 aromatic heterocycles. The second-order valence-corrected chi connectivity index (χ2v) is 8.88. The highest BCUT2D eigenvalue weighted by atomic mass is 35.5. The molecule has 1 unspecified atom stereocenters. The van der Waals surface area contributed by atoms with Crippen LogP contribution in [0.25, 0.3) is 0 Å². The van der Waals surface area contributed by atoms with Gasteiger partial charge in [0.2, 0.25) is 5.60 Å². The molecule has 1 aliphatic heterocycles. The van der Waals surface area contributed by atoms with Gasteiger partial charge in [-0.25, -0.2) is 4.79 Å². The van der Waals surface area contributed by atoms with Crippen molar-refractivity contribution < 1.29 is 14.6 Å². The molecule has 1 atom stereocenters. The number of hydrogen-bond acceptors (Lipinski definition) is 5. The van der Waals surface area contributed by atoms with E-state index in [2.05, 4.69) is 16.7 Å². The zero-order chi connectivity index (χ0) is 20.2. The van der Waals surface area contributed by atoms with Crippen molar-refractivity contribution in [1.82, 2.24) is 4.90 Å². The largest absolute Gasteiger partial charge is 0.443 e. The van der Waals surface area contributed by atoms with Crippen LogP contribution in [0.15, 0.2) is 47.8 Å². The molecule has 30 heavy (non-hydrogen) atoms. The van der Waals surface area contributed by atoms with Crippen LogP contribution in [0.4, 0.5) is 0 Å². The van der Waals surface area contributed by atoms with Gasteiger partial charge in [-0.05, 0) is 63.1 Å². The molecule has 2 aliphatic rings. The summed E-state index contributed by atoms with van der Waals surface area (Å²) in [6.45, 7) is 2.90. The lowest BCUT2D eigenvalue weighted by Gasteiger charge is -2.31. The van der Waals surface area contributed by atoms with Gasteiger partial charge in [-0.3, -0.25) is 4.90 Å². The zero-order valence-electron chi connectivity index (χ0n) is 17.0. The third-order valence-electron chi connectivity index (χ3n) is 5.88. The third kappa shape index (κ3) is 4.73. The number of benzene rings is 1. The van der Waals surface area contributed by atoms with Crippen molar-refractivity contribution in [2.45, 2.75) is 49.7 Å². The first-order chi connectivity index (χ1) is 14.1. The number of esters is 1. The third-order valence-corrected chi connectivity index (χ3v) is 6.86. The first-order valence-corrected chi connectivity index (χ1v) is 11.3. The van der Waals surface area contributed by atoms with E-state index in [4.69, 9.17) is 4.74 Å². The van der Waals surface area contributed by atoms with Gasteiger partial charge in [0.05, 0.1) is 11.4 Å². The van der Waals surface area contributed by atoms with Crippen molar-refractivity contribution >= 4 is 29.7 Å². The average molecular weight is 446 g/mol. The van der Waals surface area contributed by atoms with Gasteiger partial charge in [0.1, 0.15) is 0 Å². The van der Waals surface area contributed by atoms with E-state index in [-0.39, 0.29) is 12.4 Å². The van der Waals surface area contributed by atoms with Crippen LogP contribution < -0.4 is 0 Å². The molecule has 4 rings (SSSR count). The molecule has 2 heterocycles. The number of carbonyl (C=O) groups excluding carboxylic acids is 1. The van der Waals surface area contributed by atoms with Gasteiger partial charge in [0.15, 0.2) is 5.60 Å². The molecule has 2 fully saturated rings. The molecule has 1 aliphatic carbocycles. The molecule has 0 bridgehead atoms. The number of aliphatic hydroxyl groups is 1. The number of rotatable bonds is 5. The van der Waals surface area contributed by atoms with Crippen LogP contribution in [0.3, 0.4) is 0 Å². The maximum atomic E-state index is 13.4. The first-order valence-electron chi connectivity index (χ1n) is 10.4. The second-order valence-electron chi connectivity index (χ2n) is 7.93. The topological polar surface area (TPSA) is 49.8 Å². The Balaban J connectivity index is 0.00000256. The molecule has 0 amide bonds. The van der Waals surface area contributed by atoms with Crippen molar-refractivity contribution in [3.63, 3.8) is 0 Å². The number of hydrogen-bond donors (Lipinski definition) is 1. The fourth-order valence-electron chi connectivity index (χ4n) is 4.23. The Labute approximate surface area is 188 Å². The van der Waals surface area contributed by atoms with Gasteiger partial charge in [-0.1, -0.05) is 48.2 Å². The van der Waals surface area contributed by atoms with Crippen LogP contribution in [0.1, 0.15) is 49.0 Å². The number of ether oxygens (including phenoxy) is 1. The van der Waals surface area contributed by atoms with Crippen molar-refractivity contribution in [3.05, 3.63) is 58.3 Å². The van der Waals surface area contributed by atoms with Crippen LogP contribution in [-0.2, 0) is 15.1 Å². The van der Waals surface area contributed by atoms with Crippen LogP contribution in [0.5, 0.6) is 0 Å². The van der Waals surface area contributed by atoms with E-state index < -0.39 is 17.2 Å². The summed E-state index contributed by atoms with van der Waals surface area (Å²) < 4.78 is 6.03. The molecule has 1 N–H and O–H groups in total. The minimum Gasteiger partial charge on any atom is -0.443 e. The average Bonchev–Trinajstić information content (AvgIpc) is 3.51. The van der Waals surface area contributed by atoms with Gasteiger partial charge in [0, 0.05) is 5.56 Å². The molecule has 1 saturated carbocycles. The fraction of sp³-hybridized carbons (Fsp3) is 0.458. The standard InChI is InChI=1S/C24H27NO3S.ClH/c26-22(24(27,21-12-8-19-29-21)20-10-2-1-3-11-20)28-23(13-4-5-14-23)15-9-18-25-16-6-7-17-25;/h1-3,8,10-12,19,27H,4-7,13-14,16-18H2;1H. The minimum atomic E-state index is -1.82. The van der Waals surface area contributed by atoms with E-state index in [9.17, 15) is 9.90 Å². The molecule has 160 valence electrons. The Morgan fingerprint density at radius 3 is 2.43 bits per heavy atom. The molecule has 6 heteroatoms. The summed E-state index contributed by atoms with van der Waals surface area (Å²) in [6, 6.07) is 12.7. The van der Waals surface area contributed by atoms with E-state index in [1.807, 2.05) is 29.6 Å². The van der Waals surface area contributed by atoms with Gasteiger partial charge >= 0.3 is 5.97 Å². The summed E-state index contributed by atoms with van der Waals surface area (Å²) in [5.41, 5.74) is -2.09. The van der Waals surface area contributed by atoms with E-state index in [0.717, 1.165) is 38.8 Å². The lowest BCUT2D eigenvalue weighted by molar-refractivity contribution is -0.172. The van der Waals surface area contributed by atoms with Crippen molar-refractivity contribution in [3.8, 4) is 11.8 Å². The SMILES string of the molecule is Cl.O=C(OC1(C#CCN2CCCC2)CCCC1)C(O)(c1ccccc1)c1cccs1.